The van der Waals surface area contributed by atoms with Gasteiger partial charge in [-0.25, -0.2) is 18.6 Å². The molecule has 196 valence electrons. The van der Waals surface area contributed by atoms with Crippen LogP contribution in [0.4, 0.5) is 43.9 Å². The van der Waals surface area contributed by atoms with Crippen molar-refractivity contribution in [1.29, 1.82) is 0 Å². The molecule has 3 heterocycles. The number of urea groups is 1. The van der Waals surface area contributed by atoms with Crippen molar-refractivity contribution in [2.24, 2.45) is 7.05 Å². The van der Waals surface area contributed by atoms with Crippen molar-refractivity contribution in [3.05, 3.63) is 46.0 Å². The molecule has 1 aliphatic rings. The first-order valence-electron chi connectivity index (χ1n) is 10.6. The van der Waals surface area contributed by atoms with Gasteiger partial charge < -0.3 is 30.7 Å². The molecule has 3 rings (SSSR count). The Morgan fingerprint density at radius 1 is 1.28 bits per heavy atom. The van der Waals surface area contributed by atoms with Crippen LogP contribution in [0.5, 0.6) is 0 Å². The SMILES string of the molecule is CNC(=O)c1cc(N2CCC(N(C)C(=O)Nc3cc(C(F)(F)F)cn(C)c3=O)C(F)(F)C2)cnc1N. The van der Waals surface area contributed by atoms with Gasteiger partial charge in [-0.2, -0.15) is 13.2 Å². The van der Waals surface area contributed by atoms with Crippen LogP contribution in [0, 0.1) is 0 Å². The van der Waals surface area contributed by atoms with Gasteiger partial charge in [0.1, 0.15) is 17.5 Å². The molecule has 1 saturated heterocycles. The Kier molecular flexibility index (Phi) is 7.13. The molecule has 0 spiro atoms. The Morgan fingerprint density at radius 3 is 2.53 bits per heavy atom. The first-order valence-corrected chi connectivity index (χ1v) is 10.6. The summed E-state index contributed by atoms with van der Waals surface area (Å²) in [6, 6.07) is -1.01. The lowest BCUT2D eigenvalue weighted by atomic mass is 9.99. The first kappa shape index (κ1) is 26.7. The third-order valence-electron chi connectivity index (χ3n) is 5.84. The molecule has 2 aromatic heterocycles. The lowest BCUT2D eigenvalue weighted by Crippen LogP contribution is -2.59. The number of alkyl halides is 5. The summed E-state index contributed by atoms with van der Waals surface area (Å²) in [6.07, 6.45) is -3.20. The number of carbonyl (C=O) groups excluding carboxylic acids is 2. The fourth-order valence-corrected chi connectivity index (χ4v) is 3.88. The fourth-order valence-electron chi connectivity index (χ4n) is 3.88. The quantitative estimate of drug-likeness (QED) is 0.534. The van der Waals surface area contributed by atoms with E-state index in [1.165, 1.54) is 24.2 Å². The van der Waals surface area contributed by atoms with Gasteiger partial charge in [0.25, 0.3) is 17.4 Å². The standard InChI is InChI=1S/C21H24F5N7O3/c1-28-17(34)13-7-12(8-29-16(13)27)33-5-4-15(20(22,23)10-33)32(3)19(36)30-14-6-11(21(24,25)26)9-31(2)18(14)35/h6-9,15H,4-5,10H2,1-3H3,(H2,27,29)(H,28,34)(H,30,36). The van der Waals surface area contributed by atoms with E-state index in [0.717, 1.165) is 14.1 Å². The third-order valence-corrected chi connectivity index (χ3v) is 5.84. The monoisotopic (exact) mass is 517 g/mol. The van der Waals surface area contributed by atoms with E-state index in [0.29, 0.717) is 21.7 Å². The first-order chi connectivity index (χ1) is 16.7. The smallest absolute Gasteiger partial charge is 0.383 e. The summed E-state index contributed by atoms with van der Waals surface area (Å²) in [5.41, 5.74) is 3.10. The number of rotatable bonds is 4. The molecule has 1 fully saturated rings. The van der Waals surface area contributed by atoms with Crippen molar-refractivity contribution in [3.63, 3.8) is 0 Å². The van der Waals surface area contributed by atoms with Gasteiger partial charge in [-0.15, -0.1) is 0 Å². The highest BCUT2D eigenvalue weighted by atomic mass is 19.4. The number of nitrogens with two attached hydrogens (primary N) is 1. The summed E-state index contributed by atoms with van der Waals surface area (Å²) in [4.78, 5) is 42.6. The molecule has 1 unspecified atom stereocenters. The van der Waals surface area contributed by atoms with E-state index in [1.54, 1.807) is 0 Å². The lowest BCUT2D eigenvalue weighted by Gasteiger charge is -2.42. The minimum atomic E-state index is -4.79. The highest BCUT2D eigenvalue weighted by Crippen LogP contribution is 2.34. The Labute approximate surface area is 201 Å². The molecule has 3 amide bonds. The van der Waals surface area contributed by atoms with E-state index in [1.807, 2.05) is 5.32 Å². The molecule has 0 radical (unpaired) electrons. The van der Waals surface area contributed by atoms with Gasteiger partial charge in [0.15, 0.2) is 0 Å². The van der Waals surface area contributed by atoms with Crippen LogP contribution in [0.3, 0.4) is 0 Å². The van der Waals surface area contributed by atoms with Gasteiger partial charge in [0.05, 0.1) is 29.6 Å². The molecule has 1 aliphatic heterocycles. The molecule has 10 nitrogen and oxygen atoms in total. The van der Waals surface area contributed by atoms with Gasteiger partial charge in [0, 0.05) is 33.9 Å². The van der Waals surface area contributed by atoms with E-state index in [4.69, 9.17) is 5.73 Å². The maximum absolute atomic E-state index is 15.1. The van der Waals surface area contributed by atoms with Crippen LogP contribution in [-0.2, 0) is 13.2 Å². The minimum absolute atomic E-state index is 0.0135. The summed E-state index contributed by atoms with van der Waals surface area (Å²) >= 11 is 0. The van der Waals surface area contributed by atoms with E-state index in [9.17, 15) is 27.6 Å². The van der Waals surface area contributed by atoms with Gasteiger partial charge in [-0.05, 0) is 18.6 Å². The second kappa shape index (κ2) is 9.62. The Morgan fingerprint density at radius 2 is 1.94 bits per heavy atom. The second-order valence-corrected chi connectivity index (χ2v) is 8.29. The summed E-state index contributed by atoms with van der Waals surface area (Å²) in [5, 5.41) is 4.39. The Hall–Kier alpha value is -3.91. The number of hydrogen-bond acceptors (Lipinski definition) is 6. The molecule has 2 aromatic rings. The summed E-state index contributed by atoms with van der Waals surface area (Å²) in [5.74, 6) is -4.07. The van der Waals surface area contributed by atoms with Crippen molar-refractivity contribution in [2.45, 2.75) is 24.6 Å². The zero-order valence-corrected chi connectivity index (χ0v) is 19.5. The van der Waals surface area contributed by atoms with E-state index in [-0.39, 0.29) is 30.0 Å². The average Bonchev–Trinajstić information content (AvgIpc) is 2.79. The number of nitrogens with zero attached hydrogens (tertiary/aromatic N) is 4. The predicted molar refractivity (Wildman–Crippen MR) is 121 cm³/mol. The maximum Gasteiger partial charge on any atom is 0.417 e. The molecule has 15 heteroatoms. The number of halogens is 5. The van der Waals surface area contributed by atoms with Crippen LogP contribution < -0.4 is 26.8 Å². The van der Waals surface area contributed by atoms with Crippen molar-refractivity contribution in [2.75, 3.05) is 43.1 Å². The number of carbonyl (C=O) groups is 2. The topological polar surface area (TPSA) is 126 Å². The number of aryl methyl sites for hydroxylation is 1. The van der Waals surface area contributed by atoms with E-state index in [2.05, 4.69) is 10.3 Å². The second-order valence-electron chi connectivity index (χ2n) is 8.29. The normalized spacial score (nSPS) is 17.4. The summed E-state index contributed by atoms with van der Waals surface area (Å²) < 4.78 is 70.1. The van der Waals surface area contributed by atoms with Crippen molar-refractivity contribution in [3.8, 4) is 0 Å². The highest BCUT2D eigenvalue weighted by Gasteiger charge is 2.48. The third kappa shape index (κ3) is 5.33. The van der Waals surface area contributed by atoms with Gasteiger partial charge in [-0.3, -0.25) is 9.59 Å². The molecule has 0 bridgehead atoms. The molecular formula is C21H24F5N7O3. The van der Waals surface area contributed by atoms with Crippen LogP contribution >= 0.6 is 0 Å². The Balaban J connectivity index is 1.78. The molecule has 0 saturated carbocycles. The average molecular weight is 517 g/mol. The molecular weight excluding hydrogens is 493 g/mol. The summed E-state index contributed by atoms with van der Waals surface area (Å²) in [6.45, 7) is -0.790. The zero-order chi connectivity index (χ0) is 27.0. The Bertz CT molecular complexity index is 1230. The number of nitrogen functional groups attached to an aromatic ring is 1. The number of amides is 3. The number of pyridine rings is 2. The van der Waals surface area contributed by atoms with Crippen LogP contribution in [0.15, 0.2) is 29.3 Å². The largest absolute Gasteiger partial charge is 0.417 e. The maximum atomic E-state index is 15.1. The highest BCUT2D eigenvalue weighted by molar-refractivity contribution is 5.99. The molecule has 0 aliphatic carbocycles. The van der Waals surface area contributed by atoms with Crippen molar-refractivity contribution in [1.82, 2.24) is 19.8 Å². The lowest BCUT2D eigenvalue weighted by molar-refractivity contribution is -0.138. The molecule has 1 atom stereocenters. The van der Waals surface area contributed by atoms with Gasteiger partial charge in [-0.1, -0.05) is 0 Å². The van der Waals surface area contributed by atoms with Crippen LogP contribution in [0.25, 0.3) is 0 Å². The fraction of sp³-hybridized carbons (Fsp3) is 0.429. The predicted octanol–water partition coefficient (Wildman–Crippen LogP) is 2.12. The van der Waals surface area contributed by atoms with Gasteiger partial charge in [0.2, 0.25) is 0 Å². The zero-order valence-electron chi connectivity index (χ0n) is 19.5. The molecule has 4 N–H and O–H groups in total. The minimum Gasteiger partial charge on any atom is -0.383 e. The van der Waals surface area contributed by atoms with Crippen LogP contribution in [-0.4, -0.2) is 65.5 Å². The number of piperidine rings is 1. The number of nitrogens with one attached hydrogen (secondary N) is 2. The summed E-state index contributed by atoms with van der Waals surface area (Å²) in [7, 11) is 3.52. The molecule has 36 heavy (non-hydrogen) atoms. The van der Waals surface area contributed by atoms with Gasteiger partial charge >= 0.3 is 12.2 Å². The van der Waals surface area contributed by atoms with E-state index >= 15 is 8.78 Å². The number of aromatic nitrogens is 2. The number of hydrogen-bond donors (Lipinski definition) is 3. The van der Waals surface area contributed by atoms with Crippen molar-refractivity contribution < 1.29 is 31.5 Å². The van der Waals surface area contributed by atoms with Crippen LogP contribution in [0.2, 0.25) is 0 Å². The van der Waals surface area contributed by atoms with Crippen molar-refractivity contribution >= 4 is 29.1 Å². The van der Waals surface area contributed by atoms with Crippen LogP contribution in [0.1, 0.15) is 22.3 Å². The van der Waals surface area contributed by atoms with E-state index < -0.39 is 53.4 Å². The molecule has 0 aromatic carbocycles. The number of anilines is 3.